The molecule has 0 aliphatic heterocycles. The smallest absolute Gasteiger partial charge is 0.175 e. The van der Waals surface area contributed by atoms with Gasteiger partial charge < -0.3 is 5.73 Å². The van der Waals surface area contributed by atoms with Gasteiger partial charge >= 0.3 is 0 Å². The van der Waals surface area contributed by atoms with Crippen molar-refractivity contribution in [2.75, 3.05) is 5.73 Å². The zero-order valence-electron chi connectivity index (χ0n) is 19.9. The molecule has 0 unspecified atom stereocenters. The summed E-state index contributed by atoms with van der Waals surface area (Å²) < 4.78 is 1.94. The highest BCUT2D eigenvalue weighted by molar-refractivity contribution is 7.13. The Hall–Kier alpha value is -3.84. The molecule has 0 spiro atoms. The number of nitrogen functional groups attached to an aromatic ring is 1. The van der Waals surface area contributed by atoms with Gasteiger partial charge in [0.25, 0.3) is 0 Å². The van der Waals surface area contributed by atoms with E-state index in [-0.39, 0.29) is 5.78 Å². The van der Waals surface area contributed by atoms with Crippen LogP contribution in [-0.4, -0.2) is 25.5 Å². The molecule has 2 aromatic carbocycles. The molecule has 35 heavy (non-hydrogen) atoms. The molecule has 0 bridgehead atoms. The van der Waals surface area contributed by atoms with Crippen LogP contribution in [0.1, 0.15) is 49.0 Å². The quantitative estimate of drug-likeness (QED) is 0.294. The Kier molecular flexibility index (Phi) is 6.42. The highest BCUT2D eigenvalue weighted by atomic mass is 32.1. The summed E-state index contributed by atoms with van der Waals surface area (Å²) in [6.07, 6.45) is 7.48. The maximum absolute atomic E-state index is 13.0. The van der Waals surface area contributed by atoms with Crippen molar-refractivity contribution in [3.8, 4) is 0 Å². The lowest BCUT2D eigenvalue weighted by Crippen LogP contribution is -2.01. The third-order valence-electron chi connectivity index (χ3n) is 6.08. The highest BCUT2D eigenvalue weighted by Crippen LogP contribution is 2.25. The fraction of sp³-hybridized carbons (Fsp3) is 0.214. The van der Waals surface area contributed by atoms with Crippen molar-refractivity contribution in [1.29, 1.82) is 0 Å². The first-order valence-corrected chi connectivity index (χ1v) is 12.5. The Morgan fingerprint density at radius 2 is 1.80 bits per heavy atom. The van der Waals surface area contributed by atoms with Crippen LogP contribution < -0.4 is 5.73 Å². The number of carbonyl (C=O) groups is 1. The van der Waals surface area contributed by atoms with Crippen LogP contribution in [0.5, 0.6) is 0 Å². The fourth-order valence-corrected chi connectivity index (χ4v) is 5.31. The normalized spacial score (nSPS) is 11.3. The van der Waals surface area contributed by atoms with E-state index in [4.69, 9.17) is 5.73 Å². The molecule has 3 aromatic heterocycles. The molecule has 0 saturated heterocycles. The Balaban J connectivity index is 1.21. The lowest BCUT2D eigenvalue weighted by Gasteiger charge is -2.05. The molecule has 0 fully saturated rings. The monoisotopic (exact) mass is 481 g/mol. The number of thiazole rings is 1. The van der Waals surface area contributed by atoms with Gasteiger partial charge in [-0.2, -0.15) is 5.10 Å². The summed E-state index contributed by atoms with van der Waals surface area (Å²) in [5, 5.41) is 7.30. The molecule has 0 atom stereocenters. The first-order chi connectivity index (χ1) is 16.9. The molecule has 0 amide bonds. The SMILES string of the molecule is Cc1cnn(Cc2ccc(Cc3nc(C)c(C(=O)CCc4ccc5c(N)nccc5c4)s3)cc2)c1. The van der Waals surface area contributed by atoms with Crippen LogP contribution in [0.25, 0.3) is 10.8 Å². The minimum absolute atomic E-state index is 0.144. The Labute approximate surface area is 208 Å². The molecule has 5 aromatic rings. The maximum Gasteiger partial charge on any atom is 0.175 e. The summed E-state index contributed by atoms with van der Waals surface area (Å²) in [5.74, 6) is 0.672. The van der Waals surface area contributed by atoms with E-state index in [0.717, 1.165) is 50.4 Å². The van der Waals surface area contributed by atoms with Gasteiger partial charge in [-0.25, -0.2) is 9.97 Å². The number of benzene rings is 2. The first kappa shape index (κ1) is 22.9. The molecular formula is C28H27N5OS. The number of fused-ring (bicyclic) bond motifs is 1. The van der Waals surface area contributed by atoms with Gasteiger partial charge in [-0.05, 0) is 54.0 Å². The number of pyridine rings is 1. The molecule has 5 rings (SSSR count). The highest BCUT2D eigenvalue weighted by Gasteiger charge is 2.16. The second kappa shape index (κ2) is 9.80. The molecule has 2 N–H and O–H groups in total. The molecule has 0 saturated carbocycles. The number of nitrogens with two attached hydrogens (primary N) is 1. The van der Waals surface area contributed by atoms with Crippen molar-refractivity contribution in [3.05, 3.63) is 105 Å². The molecule has 7 heteroatoms. The van der Waals surface area contributed by atoms with E-state index in [1.54, 1.807) is 6.20 Å². The number of rotatable bonds is 8. The number of carbonyl (C=O) groups excluding carboxylic acids is 1. The lowest BCUT2D eigenvalue weighted by atomic mass is 10.0. The third kappa shape index (κ3) is 5.30. The van der Waals surface area contributed by atoms with Crippen molar-refractivity contribution in [2.24, 2.45) is 0 Å². The third-order valence-corrected chi connectivity index (χ3v) is 7.28. The van der Waals surface area contributed by atoms with Gasteiger partial charge in [0.2, 0.25) is 0 Å². The van der Waals surface area contributed by atoms with Gasteiger partial charge in [-0.15, -0.1) is 11.3 Å². The average molecular weight is 482 g/mol. The minimum atomic E-state index is 0.144. The first-order valence-electron chi connectivity index (χ1n) is 11.6. The molecule has 6 nitrogen and oxygen atoms in total. The van der Waals surface area contributed by atoms with E-state index in [1.807, 2.05) is 49.1 Å². The van der Waals surface area contributed by atoms with Crippen molar-refractivity contribution >= 4 is 33.7 Å². The summed E-state index contributed by atoms with van der Waals surface area (Å²) >= 11 is 1.51. The van der Waals surface area contributed by atoms with Gasteiger partial charge in [0.15, 0.2) is 5.78 Å². The van der Waals surface area contributed by atoms with Crippen molar-refractivity contribution in [2.45, 2.75) is 39.7 Å². The van der Waals surface area contributed by atoms with Crippen molar-refractivity contribution in [3.63, 3.8) is 0 Å². The van der Waals surface area contributed by atoms with E-state index < -0.39 is 0 Å². The number of aryl methyl sites for hydroxylation is 3. The number of nitrogens with zero attached hydrogens (tertiary/aromatic N) is 4. The van der Waals surface area contributed by atoms with Crippen LogP contribution in [0, 0.1) is 13.8 Å². The van der Waals surface area contributed by atoms with Crippen molar-refractivity contribution < 1.29 is 4.79 Å². The number of aromatic nitrogens is 4. The van der Waals surface area contributed by atoms with Gasteiger partial charge in [-0.3, -0.25) is 9.48 Å². The van der Waals surface area contributed by atoms with Gasteiger partial charge in [0.05, 0.1) is 28.3 Å². The second-order valence-corrected chi connectivity index (χ2v) is 9.99. The lowest BCUT2D eigenvalue weighted by molar-refractivity contribution is 0.0986. The molecular weight excluding hydrogens is 454 g/mol. The van der Waals surface area contributed by atoms with Crippen LogP contribution in [-0.2, 0) is 19.4 Å². The van der Waals surface area contributed by atoms with E-state index in [9.17, 15) is 4.79 Å². The van der Waals surface area contributed by atoms with E-state index in [2.05, 4.69) is 45.4 Å². The summed E-state index contributed by atoms with van der Waals surface area (Å²) in [5.41, 5.74) is 11.4. The molecule has 0 aliphatic carbocycles. The van der Waals surface area contributed by atoms with Crippen LogP contribution >= 0.6 is 11.3 Å². The van der Waals surface area contributed by atoms with Gasteiger partial charge in [-0.1, -0.05) is 42.5 Å². The molecule has 0 aliphatic rings. The fourth-order valence-electron chi connectivity index (χ4n) is 4.24. The summed E-state index contributed by atoms with van der Waals surface area (Å²) in [7, 11) is 0. The standard InChI is InChI=1S/C28H27N5OS/c1-18-15-31-33(16-18)17-22-5-3-21(4-6-22)14-26-32-19(2)27(35-26)25(34)10-8-20-7-9-24-23(13-20)11-12-30-28(24)29/h3-7,9,11-13,15-16H,8,10,14,17H2,1-2H3,(H2,29,30). The predicted molar refractivity (Wildman–Crippen MR) is 141 cm³/mol. The van der Waals surface area contributed by atoms with Crippen LogP contribution in [0.4, 0.5) is 5.82 Å². The second-order valence-electron chi connectivity index (χ2n) is 8.91. The van der Waals surface area contributed by atoms with E-state index in [0.29, 0.717) is 18.7 Å². The Morgan fingerprint density at radius 1 is 1.03 bits per heavy atom. The Bertz CT molecular complexity index is 1500. The topological polar surface area (TPSA) is 86.7 Å². The summed E-state index contributed by atoms with van der Waals surface area (Å²) in [6.45, 7) is 4.72. The number of hydrogen-bond acceptors (Lipinski definition) is 6. The number of Topliss-reactive ketones (excluding diaryl/α,β-unsaturated/α-hetero) is 1. The average Bonchev–Trinajstić information content (AvgIpc) is 3.43. The predicted octanol–water partition coefficient (Wildman–Crippen LogP) is 5.54. The number of anilines is 1. The van der Waals surface area contributed by atoms with Crippen molar-refractivity contribution in [1.82, 2.24) is 19.7 Å². The summed E-state index contributed by atoms with van der Waals surface area (Å²) in [6, 6.07) is 16.6. The Morgan fingerprint density at radius 3 is 2.57 bits per heavy atom. The molecule has 0 radical (unpaired) electrons. The maximum atomic E-state index is 13.0. The van der Waals surface area contributed by atoms with Crippen LogP contribution in [0.15, 0.2) is 67.1 Å². The minimum Gasteiger partial charge on any atom is -0.383 e. The molecule has 3 heterocycles. The number of ketones is 1. The van der Waals surface area contributed by atoms with Gasteiger partial charge in [0, 0.05) is 30.6 Å². The largest absolute Gasteiger partial charge is 0.383 e. The molecule has 176 valence electrons. The van der Waals surface area contributed by atoms with Gasteiger partial charge in [0.1, 0.15) is 5.82 Å². The van der Waals surface area contributed by atoms with Crippen LogP contribution in [0.3, 0.4) is 0 Å². The van der Waals surface area contributed by atoms with E-state index >= 15 is 0 Å². The van der Waals surface area contributed by atoms with Crippen LogP contribution in [0.2, 0.25) is 0 Å². The number of hydrogen-bond donors (Lipinski definition) is 1. The summed E-state index contributed by atoms with van der Waals surface area (Å²) in [4.78, 5) is 22.6. The van der Waals surface area contributed by atoms with E-state index in [1.165, 1.54) is 22.5 Å². The zero-order chi connectivity index (χ0) is 24.4. The zero-order valence-corrected chi connectivity index (χ0v) is 20.7.